The van der Waals surface area contributed by atoms with Gasteiger partial charge in [0.05, 0.1) is 6.61 Å². The molecule has 0 N–H and O–H groups in total. The largest absolute Gasteiger partial charge is 0.488 e. The summed E-state index contributed by atoms with van der Waals surface area (Å²) in [4.78, 5) is 4.58. The molecule has 1 aliphatic rings. The highest BCUT2D eigenvalue weighted by molar-refractivity contribution is 5.83. The molecule has 1 fully saturated rings. The first-order chi connectivity index (χ1) is 11.4. The normalized spacial score (nSPS) is 16.3. The second-order valence-electron chi connectivity index (χ2n) is 5.14. The molecule has 3 rings (SSSR count). The van der Waals surface area contributed by atoms with Crippen molar-refractivity contribution in [3.8, 4) is 11.5 Å². The molecule has 1 heterocycles. The van der Waals surface area contributed by atoms with Crippen LogP contribution in [0.1, 0.15) is 5.56 Å². The molecular weight excluding hydrogens is 290 g/mol. The first-order valence-electron chi connectivity index (χ1n) is 7.57. The minimum atomic E-state index is 0.193. The number of nitrogens with zero attached hydrogens (tertiary/aromatic N) is 1. The van der Waals surface area contributed by atoms with Crippen LogP contribution in [0.5, 0.6) is 11.5 Å². The van der Waals surface area contributed by atoms with Crippen LogP contribution in [0.15, 0.2) is 66.2 Å². The standard InChI is InChI=1S/C19H19NO3/c1-2-11-21-17-9-6-10-18(23-14-16-13-22-16)19(17)20-12-15-7-4-3-5-8-15/h2-10,12,16H,1,11,13-14H2. The van der Waals surface area contributed by atoms with E-state index in [4.69, 9.17) is 14.2 Å². The lowest BCUT2D eigenvalue weighted by Gasteiger charge is -2.12. The van der Waals surface area contributed by atoms with Gasteiger partial charge in [-0.1, -0.05) is 49.1 Å². The van der Waals surface area contributed by atoms with E-state index >= 15 is 0 Å². The van der Waals surface area contributed by atoms with E-state index in [0.29, 0.717) is 30.4 Å². The molecule has 0 saturated carbocycles. The average molecular weight is 309 g/mol. The Morgan fingerprint density at radius 2 is 1.83 bits per heavy atom. The zero-order chi connectivity index (χ0) is 15.9. The minimum absolute atomic E-state index is 0.193. The van der Waals surface area contributed by atoms with Crippen LogP contribution in [-0.4, -0.2) is 32.1 Å². The van der Waals surface area contributed by atoms with Gasteiger partial charge in [0.25, 0.3) is 0 Å². The lowest BCUT2D eigenvalue weighted by atomic mass is 10.2. The minimum Gasteiger partial charge on any atom is -0.488 e. The second-order valence-corrected chi connectivity index (χ2v) is 5.14. The molecule has 1 saturated heterocycles. The number of epoxide rings is 1. The Morgan fingerprint density at radius 3 is 2.52 bits per heavy atom. The van der Waals surface area contributed by atoms with Gasteiger partial charge in [0.2, 0.25) is 0 Å². The van der Waals surface area contributed by atoms with E-state index in [0.717, 1.165) is 12.2 Å². The van der Waals surface area contributed by atoms with Crippen molar-refractivity contribution < 1.29 is 14.2 Å². The van der Waals surface area contributed by atoms with E-state index in [1.54, 1.807) is 12.3 Å². The SMILES string of the molecule is C=CCOc1cccc(OCC2CO2)c1N=Cc1ccccc1. The van der Waals surface area contributed by atoms with E-state index < -0.39 is 0 Å². The Labute approximate surface area is 136 Å². The molecule has 2 aromatic carbocycles. The summed E-state index contributed by atoms with van der Waals surface area (Å²) in [6.45, 7) is 5.38. The van der Waals surface area contributed by atoms with Crippen molar-refractivity contribution in [1.29, 1.82) is 0 Å². The molecule has 4 nitrogen and oxygen atoms in total. The van der Waals surface area contributed by atoms with Gasteiger partial charge in [-0.3, -0.25) is 0 Å². The summed E-state index contributed by atoms with van der Waals surface area (Å²) in [6.07, 6.45) is 3.70. The Kier molecular flexibility index (Phi) is 5.06. The molecule has 0 aliphatic carbocycles. The molecular formula is C19H19NO3. The molecule has 0 bridgehead atoms. The van der Waals surface area contributed by atoms with E-state index in [9.17, 15) is 0 Å². The van der Waals surface area contributed by atoms with Crippen LogP contribution in [-0.2, 0) is 4.74 Å². The van der Waals surface area contributed by atoms with Crippen molar-refractivity contribution in [2.24, 2.45) is 4.99 Å². The van der Waals surface area contributed by atoms with Crippen molar-refractivity contribution in [1.82, 2.24) is 0 Å². The summed E-state index contributed by atoms with van der Waals surface area (Å²) >= 11 is 0. The average Bonchev–Trinajstić information content (AvgIpc) is 3.42. The maximum Gasteiger partial charge on any atom is 0.149 e. The summed E-state index contributed by atoms with van der Waals surface area (Å²) in [5, 5.41) is 0. The quantitative estimate of drug-likeness (QED) is 0.423. The van der Waals surface area contributed by atoms with E-state index in [1.165, 1.54) is 0 Å². The predicted octanol–water partition coefficient (Wildman–Crippen LogP) is 3.78. The molecule has 4 heteroatoms. The highest BCUT2D eigenvalue weighted by Crippen LogP contribution is 2.37. The number of hydrogen-bond donors (Lipinski definition) is 0. The lowest BCUT2D eigenvalue weighted by Crippen LogP contribution is -2.04. The summed E-state index contributed by atoms with van der Waals surface area (Å²) in [5.41, 5.74) is 1.70. The first-order valence-corrected chi connectivity index (χ1v) is 7.57. The van der Waals surface area contributed by atoms with Gasteiger partial charge in [0.1, 0.15) is 36.5 Å². The topological polar surface area (TPSA) is 43.4 Å². The zero-order valence-electron chi connectivity index (χ0n) is 12.9. The molecule has 118 valence electrons. The van der Waals surface area contributed by atoms with Crippen LogP contribution >= 0.6 is 0 Å². The van der Waals surface area contributed by atoms with Gasteiger partial charge in [-0.2, -0.15) is 0 Å². The van der Waals surface area contributed by atoms with Crippen LogP contribution in [0, 0.1) is 0 Å². The van der Waals surface area contributed by atoms with Crippen LogP contribution in [0.4, 0.5) is 5.69 Å². The third-order valence-electron chi connectivity index (χ3n) is 3.29. The molecule has 0 spiro atoms. The summed E-state index contributed by atoms with van der Waals surface area (Å²) in [7, 11) is 0. The third kappa shape index (κ3) is 4.44. The maximum absolute atomic E-state index is 5.83. The van der Waals surface area contributed by atoms with Gasteiger partial charge in [0, 0.05) is 6.21 Å². The van der Waals surface area contributed by atoms with Crippen molar-refractivity contribution in [2.45, 2.75) is 6.10 Å². The maximum atomic E-state index is 5.83. The third-order valence-corrected chi connectivity index (χ3v) is 3.29. The van der Waals surface area contributed by atoms with Crippen LogP contribution in [0.25, 0.3) is 0 Å². The van der Waals surface area contributed by atoms with Gasteiger partial charge < -0.3 is 14.2 Å². The molecule has 2 aromatic rings. The fraction of sp³-hybridized carbons (Fsp3) is 0.211. The molecule has 0 radical (unpaired) electrons. The molecule has 0 amide bonds. The van der Waals surface area contributed by atoms with Gasteiger partial charge >= 0.3 is 0 Å². The monoisotopic (exact) mass is 309 g/mol. The van der Waals surface area contributed by atoms with E-state index in [1.807, 2.05) is 48.5 Å². The van der Waals surface area contributed by atoms with Gasteiger partial charge in [-0.15, -0.1) is 0 Å². The smallest absolute Gasteiger partial charge is 0.149 e. The number of benzene rings is 2. The van der Waals surface area contributed by atoms with Gasteiger partial charge in [-0.25, -0.2) is 4.99 Å². The predicted molar refractivity (Wildman–Crippen MR) is 91.1 cm³/mol. The van der Waals surface area contributed by atoms with Crippen LogP contribution in [0.2, 0.25) is 0 Å². The Balaban J connectivity index is 1.85. The van der Waals surface area contributed by atoms with Crippen molar-refractivity contribution in [3.63, 3.8) is 0 Å². The fourth-order valence-corrected chi connectivity index (χ4v) is 2.04. The molecule has 23 heavy (non-hydrogen) atoms. The molecule has 1 atom stereocenters. The molecule has 1 aliphatic heterocycles. The highest BCUT2D eigenvalue weighted by Gasteiger charge is 2.24. The van der Waals surface area contributed by atoms with Gasteiger partial charge in [0.15, 0.2) is 0 Å². The van der Waals surface area contributed by atoms with Crippen molar-refractivity contribution >= 4 is 11.9 Å². The van der Waals surface area contributed by atoms with Crippen molar-refractivity contribution in [3.05, 3.63) is 66.7 Å². The lowest BCUT2D eigenvalue weighted by molar-refractivity contribution is 0.262. The Morgan fingerprint density at radius 1 is 1.09 bits per heavy atom. The Hall–Kier alpha value is -2.59. The summed E-state index contributed by atoms with van der Waals surface area (Å²) in [6, 6.07) is 15.6. The fourth-order valence-electron chi connectivity index (χ4n) is 2.04. The number of para-hydroxylation sites is 1. The van der Waals surface area contributed by atoms with E-state index in [2.05, 4.69) is 11.6 Å². The van der Waals surface area contributed by atoms with Crippen molar-refractivity contribution in [2.75, 3.05) is 19.8 Å². The number of rotatable bonds is 8. The zero-order valence-corrected chi connectivity index (χ0v) is 12.9. The number of ether oxygens (including phenoxy) is 3. The Bertz CT molecular complexity index is 678. The van der Waals surface area contributed by atoms with Gasteiger partial charge in [-0.05, 0) is 17.7 Å². The summed E-state index contributed by atoms with van der Waals surface area (Å²) in [5.74, 6) is 1.36. The number of aliphatic imine (C=N–C) groups is 1. The molecule has 0 aromatic heterocycles. The molecule has 1 unspecified atom stereocenters. The number of hydrogen-bond acceptors (Lipinski definition) is 4. The van der Waals surface area contributed by atoms with Crippen LogP contribution in [0.3, 0.4) is 0 Å². The van der Waals surface area contributed by atoms with Crippen LogP contribution < -0.4 is 9.47 Å². The first kappa shape index (κ1) is 15.3. The highest BCUT2D eigenvalue weighted by atomic mass is 16.6. The summed E-state index contributed by atoms with van der Waals surface area (Å²) < 4.78 is 16.7. The van der Waals surface area contributed by atoms with E-state index in [-0.39, 0.29) is 6.10 Å². The second kappa shape index (κ2) is 7.61.